The van der Waals surface area contributed by atoms with Gasteiger partial charge in [-0.15, -0.1) is 10.2 Å². The summed E-state index contributed by atoms with van der Waals surface area (Å²) >= 11 is 0. The van der Waals surface area contributed by atoms with Gasteiger partial charge in [0.15, 0.2) is 17.4 Å². The Morgan fingerprint density at radius 1 is 1.12 bits per heavy atom. The van der Waals surface area contributed by atoms with E-state index in [4.69, 9.17) is 0 Å². The third kappa shape index (κ3) is 4.08. The first-order chi connectivity index (χ1) is 12.5. The Morgan fingerprint density at radius 2 is 1.92 bits per heavy atom. The second-order valence-corrected chi connectivity index (χ2v) is 5.36. The summed E-state index contributed by atoms with van der Waals surface area (Å²) in [6.07, 6.45) is -1.76. The summed E-state index contributed by atoms with van der Waals surface area (Å²) in [5.74, 6) is 0.811. The molecule has 2 N–H and O–H groups in total. The van der Waals surface area contributed by atoms with Crippen LogP contribution in [0.15, 0.2) is 47.7 Å². The number of fused-ring (bicyclic) bond motifs is 1. The van der Waals surface area contributed by atoms with Gasteiger partial charge in [0.2, 0.25) is 0 Å². The number of alkyl halides is 3. The van der Waals surface area contributed by atoms with E-state index in [-0.39, 0.29) is 6.54 Å². The summed E-state index contributed by atoms with van der Waals surface area (Å²) in [4.78, 5) is 8.26. The number of nitrogens with zero attached hydrogens (tertiary/aromatic N) is 5. The van der Waals surface area contributed by atoms with Gasteiger partial charge in [-0.2, -0.15) is 13.2 Å². The molecule has 0 saturated heterocycles. The van der Waals surface area contributed by atoms with Crippen LogP contribution >= 0.6 is 0 Å². The number of aromatic nitrogens is 4. The molecule has 3 rings (SSSR count). The highest BCUT2D eigenvalue weighted by atomic mass is 19.4. The van der Waals surface area contributed by atoms with Crippen molar-refractivity contribution in [2.75, 3.05) is 7.05 Å². The highest BCUT2D eigenvalue weighted by Crippen LogP contribution is 2.29. The SMILES string of the molecule is CN=C(NCc1ccccn1)NCc1nnc2ccc(C(F)(F)F)cn12. The van der Waals surface area contributed by atoms with Crippen LogP contribution in [0.2, 0.25) is 0 Å². The molecule has 136 valence electrons. The van der Waals surface area contributed by atoms with Crippen molar-refractivity contribution in [1.82, 2.24) is 30.2 Å². The van der Waals surface area contributed by atoms with Crippen LogP contribution in [-0.4, -0.2) is 32.6 Å². The topological polar surface area (TPSA) is 79.5 Å². The van der Waals surface area contributed by atoms with Crippen molar-refractivity contribution in [2.45, 2.75) is 19.3 Å². The Hall–Kier alpha value is -3.17. The number of nitrogens with one attached hydrogen (secondary N) is 2. The quantitative estimate of drug-likeness (QED) is 0.548. The molecule has 0 aliphatic rings. The van der Waals surface area contributed by atoms with Gasteiger partial charge in [0.25, 0.3) is 0 Å². The first-order valence-corrected chi connectivity index (χ1v) is 7.72. The number of rotatable bonds is 4. The lowest BCUT2D eigenvalue weighted by atomic mass is 10.3. The van der Waals surface area contributed by atoms with Gasteiger partial charge in [0.05, 0.1) is 24.3 Å². The van der Waals surface area contributed by atoms with E-state index in [0.717, 1.165) is 18.0 Å². The molecule has 0 fully saturated rings. The Bertz CT molecular complexity index is 903. The molecule has 0 bridgehead atoms. The molecule has 0 aliphatic carbocycles. The molecule has 0 amide bonds. The number of hydrogen-bond donors (Lipinski definition) is 2. The van der Waals surface area contributed by atoms with Crippen molar-refractivity contribution >= 4 is 11.6 Å². The van der Waals surface area contributed by atoms with Gasteiger partial charge >= 0.3 is 6.18 Å². The zero-order chi connectivity index (χ0) is 18.6. The maximum Gasteiger partial charge on any atom is 0.417 e. The van der Waals surface area contributed by atoms with Crippen molar-refractivity contribution in [2.24, 2.45) is 4.99 Å². The van der Waals surface area contributed by atoms with Crippen LogP contribution in [0, 0.1) is 0 Å². The van der Waals surface area contributed by atoms with Crippen LogP contribution in [0.4, 0.5) is 13.2 Å². The van der Waals surface area contributed by atoms with E-state index in [1.54, 1.807) is 13.2 Å². The fourth-order valence-electron chi connectivity index (χ4n) is 2.29. The largest absolute Gasteiger partial charge is 0.417 e. The number of pyridine rings is 2. The summed E-state index contributed by atoms with van der Waals surface area (Å²) < 4.78 is 39.9. The summed E-state index contributed by atoms with van der Waals surface area (Å²) in [5.41, 5.74) is 0.410. The van der Waals surface area contributed by atoms with Gasteiger partial charge in [-0.05, 0) is 24.3 Å². The zero-order valence-electron chi connectivity index (χ0n) is 13.8. The van der Waals surface area contributed by atoms with Gasteiger partial charge in [-0.25, -0.2) is 0 Å². The van der Waals surface area contributed by atoms with Crippen molar-refractivity contribution in [3.63, 3.8) is 0 Å². The van der Waals surface area contributed by atoms with Gasteiger partial charge in [0.1, 0.15) is 0 Å². The second-order valence-electron chi connectivity index (χ2n) is 5.36. The summed E-state index contributed by atoms with van der Waals surface area (Å²) in [6.45, 7) is 0.615. The van der Waals surface area contributed by atoms with Crippen LogP contribution < -0.4 is 10.6 Å². The summed E-state index contributed by atoms with van der Waals surface area (Å²) in [7, 11) is 1.59. The van der Waals surface area contributed by atoms with Crippen LogP contribution in [0.1, 0.15) is 17.1 Å². The van der Waals surface area contributed by atoms with Gasteiger partial charge in [-0.1, -0.05) is 6.07 Å². The van der Waals surface area contributed by atoms with E-state index in [1.165, 1.54) is 10.5 Å². The Balaban J connectivity index is 1.68. The highest BCUT2D eigenvalue weighted by molar-refractivity contribution is 5.79. The molecule has 0 aliphatic heterocycles. The number of guanidine groups is 1. The van der Waals surface area contributed by atoms with Crippen molar-refractivity contribution < 1.29 is 13.2 Å². The van der Waals surface area contributed by atoms with Crippen LogP contribution in [0.3, 0.4) is 0 Å². The minimum atomic E-state index is -4.43. The smallest absolute Gasteiger partial charge is 0.351 e. The van der Waals surface area contributed by atoms with E-state index in [9.17, 15) is 13.2 Å². The van der Waals surface area contributed by atoms with E-state index in [1.807, 2.05) is 18.2 Å². The molecule has 0 unspecified atom stereocenters. The Kier molecular flexibility index (Phi) is 5.01. The fourth-order valence-corrected chi connectivity index (χ4v) is 2.29. The normalized spacial score (nSPS) is 12.4. The minimum absolute atomic E-state index is 0.157. The van der Waals surface area contributed by atoms with Crippen molar-refractivity contribution in [3.8, 4) is 0 Å². The average molecular weight is 363 g/mol. The first kappa shape index (κ1) is 17.6. The number of halogens is 3. The van der Waals surface area contributed by atoms with Crippen molar-refractivity contribution in [3.05, 3.63) is 59.8 Å². The molecule has 7 nitrogen and oxygen atoms in total. The monoisotopic (exact) mass is 363 g/mol. The van der Waals surface area contributed by atoms with Gasteiger partial charge < -0.3 is 10.6 Å². The Labute approximate surface area is 147 Å². The number of aliphatic imine (C=N–C) groups is 1. The molecule has 0 atom stereocenters. The molecule has 0 spiro atoms. The Morgan fingerprint density at radius 3 is 2.62 bits per heavy atom. The minimum Gasteiger partial charge on any atom is -0.351 e. The molecule has 10 heteroatoms. The third-order valence-electron chi connectivity index (χ3n) is 3.60. The van der Waals surface area contributed by atoms with Crippen LogP contribution in [-0.2, 0) is 19.3 Å². The standard InChI is InChI=1S/C16H16F3N7/c1-20-15(22-8-12-4-2-3-7-21-12)23-9-14-25-24-13-6-5-11(10-26(13)14)16(17,18)19/h2-7,10H,8-9H2,1H3,(H2,20,22,23). The number of hydrogen-bond acceptors (Lipinski definition) is 4. The summed E-state index contributed by atoms with van der Waals surface area (Å²) in [5, 5.41) is 13.9. The second kappa shape index (κ2) is 7.38. The van der Waals surface area contributed by atoms with E-state index in [0.29, 0.717) is 24.0 Å². The molecule has 3 heterocycles. The summed E-state index contributed by atoms with van der Waals surface area (Å²) in [6, 6.07) is 7.83. The lowest BCUT2D eigenvalue weighted by Crippen LogP contribution is -2.37. The average Bonchev–Trinajstić information content (AvgIpc) is 3.04. The van der Waals surface area contributed by atoms with Gasteiger partial charge in [-0.3, -0.25) is 14.4 Å². The predicted molar refractivity (Wildman–Crippen MR) is 89.3 cm³/mol. The van der Waals surface area contributed by atoms with Crippen LogP contribution in [0.25, 0.3) is 5.65 Å². The maximum atomic E-state index is 12.9. The zero-order valence-corrected chi connectivity index (χ0v) is 13.8. The fraction of sp³-hybridized carbons (Fsp3) is 0.250. The maximum absolute atomic E-state index is 12.9. The van der Waals surface area contributed by atoms with Gasteiger partial charge in [0, 0.05) is 19.4 Å². The molecular weight excluding hydrogens is 347 g/mol. The van der Waals surface area contributed by atoms with E-state index in [2.05, 4.69) is 30.8 Å². The lowest BCUT2D eigenvalue weighted by Gasteiger charge is -2.11. The predicted octanol–water partition coefficient (Wildman–Crippen LogP) is 2.01. The first-order valence-electron chi connectivity index (χ1n) is 7.72. The molecule has 0 saturated carbocycles. The third-order valence-corrected chi connectivity index (χ3v) is 3.60. The van der Waals surface area contributed by atoms with E-state index < -0.39 is 11.7 Å². The molecule has 0 radical (unpaired) electrons. The molecule has 3 aromatic heterocycles. The molecule has 3 aromatic rings. The molecule has 26 heavy (non-hydrogen) atoms. The molecular formula is C16H16F3N7. The highest BCUT2D eigenvalue weighted by Gasteiger charge is 2.31. The van der Waals surface area contributed by atoms with Crippen LogP contribution in [0.5, 0.6) is 0 Å². The molecule has 0 aromatic carbocycles. The van der Waals surface area contributed by atoms with E-state index >= 15 is 0 Å². The van der Waals surface area contributed by atoms with Crippen molar-refractivity contribution in [1.29, 1.82) is 0 Å². The lowest BCUT2D eigenvalue weighted by molar-refractivity contribution is -0.137.